The molecule has 1 aromatic carbocycles. The molecule has 0 saturated heterocycles. The number of rotatable bonds is 9. The molecule has 180 valence electrons. The van der Waals surface area contributed by atoms with Gasteiger partial charge in [0.2, 0.25) is 0 Å². The molecule has 0 saturated carbocycles. The van der Waals surface area contributed by atoms with Crippen molar-refractivity contribution < 1.29 is 19.4 Å². The van der Waals surface area contributed by atoms with Crippen LogP contribution in [0.2, 0.25) is 0 Å². The fourth-order valence-electron chi connectivity index (χ4n) is 4.27. The fraction of sp³-hybridized carbons (Fsp3) is 0.320. The number of benzene rings is 1. The molecule has 4 aromatic rings. The maximum atomic E-state index is 11.6. The lowest BCUT2D eigenvalue weighted by Gasteiger charge is -2.17. The number of nitrogens with zero attached hydrogens (tertiary/aromatic N) is 5. The Labute approximate surface area is 202 Å². The van der Waals surface area contributed by atoms with Crippen LogP contribution in [0.25, 0.3) is 10.9 Å². The van der Waals surface area contributed by atoms with E-state index in [0.717, 1.165) is 53.1 Å². The van der Waals surface area contributed by atoms with E-state index in [-0.39, 0.29) is 12.4 Å². The number of ether oxygens (including phenoxy) is 2. The first-order valence-electron chi connectivity index (χ1n) is 11.5. The van der Waals surface area contributed by atoms with Gasteiger partial charge in [-0.3, -0.25) is 14.5 Å². The van der Waals surface area contributed by atoms with Crippen molar-refractivity contribution in [1.82, 2.24) is 24.7 Å². The molecule has 0 amide bonds. The number of aromatic nitrogens is 5. The Kier molecular flexibility index (Phi) is 6.42. The highest BCUT2D eigenvalue weighted by Gasteiger charge is 2.22. The first kappa shape index (κ1) is 22.6. The Balaban J connectivity index is 1.30. The summed E-state index contributed by atoms with van der Waals surface area (Å²) >= 11 is 0. The molecule has 0 spiro atoms. The third-order valence-electron chi connectivity index (χ3n) is 6.01. The molecule has 10 nitrogen and oxygen atoms in total. The standard InChI is InChI=1S/C25H26N6O4/c1-34-25-27-13-17(14-28-25)23(12-24(32)33)31-22-7-5-19(11-16(22)15-29-31)35-10-8-18-4-6-20-21(30-18)3-2-9-26-20/h4-7,11,13-15,23,26H,2-3,8-10,12H2,1H3,(H,32,33)/t23-/m1/s1. The SMILES string of the molecule is COc1ncc([C@@H](CC(=O)O)n2ncc3cc(OCCc4ccc5c(n4)CCCN5)ccc32)cn1. The molecule has 0 aliphatic carbocycles. The highest BCUT2D eigenvalue weighted by atomic mass is 16.5. The van der Waals surface area contributed by atoms with Crippen LogP contribution in [-0.4, -0.2) is 56.1 Å². The van der Waals surface area contributed by atoms with Gasteiger partial charge >= 0.3 is 12.0 Å². The van der Waals surface area contributed by atoms with Gasteiger partial charge in [0, 0.05) is 42.0 Å². The molecule has 5 rings (SSSR count). The van der Waals surface area contributed by atoms with Crippen molar-refractivity contribution in [3.63, 3.8) is 0 Å². The Morgan fingerprint density at radius 1 is 1.20 bits per heavy atom. The van der Waals surface area contributed by atoms with Crippen LogP contribution < -0.4 is 14.8 Å². The van der Waals surface area contributed by atoms with E-state index in [1.807, 2.05) is 24.3 Å². The van der Waals surface area contributed by atoms with Gasteiger partial charge in [-0.2, -0.15) is 5.10 Å². The summed E-state index contributed by atoms with van der Waals surface area (Å²) in [4.78, 5) is 24.6. The number of carboxylic acids is 1. The predicted molar refractivity (Wildman–Crippen MR) is 129 cm³/mol. The number of aliphatic carboxylic acids is 1. The van der Waals surface area contributed by atoms with Crippen LogP contribution in [0.3, 0.4) is 0 Å². The van der Waals surface area contributed by atoms with E-state index in [4.69, 9.17) is 14.5 Å². The number of aryl methyl sites for hydroxylation is 1. The second-order valence-corrected chi connectivity index (χ2v) is 8.35. The third-order valence-corrected chi connectivity index (χ3v) is 6.01. The molecule has 0 unspecified atom stereocenters. The molecule has 4 heterocycles. The highest BCUT2D eigenvalue weighted by molar-refractivity contribution is 5.81. The van der Waals surface area contributed by atoms with Crippen molar-refractivity contribution in [3.8, 4) is 11.8 Å². The number of anilines is 1. The van der Waals surface area contributed by atoms with Gasteiger partial charge in [0.25, 0.3) is 0 Å². The average Bonchev–Trinajstić information content (AvgIpc) is 3.30. The molecular formula is C25H26N6O4. The molecule has 1 aliphatic heterocycles. The molecule has 0 fully saturated rings. The van der Waals surface area contributed by atoms with Gasteiger partial charge in [-0.05, 0) is 43.2 Å². The van der Waals surface area contributed by atoms with Crippen LogP contribution in [0.4, 0.5) is 5.69 Å². The number of methoxy groups -OCH3 is 1. The molecule has 2 N–H and O–H groups in total. The highest BCUT2D eigenvalue weighted by Crippen LogP contribution is 2.28. The first-order valence-corrected chi connectivity index (χ1v) is 11.5. The molecule has 35 heavy (non-hydrogen) atoms. The second-order valence-electron chi connectivity index (χ2n) is 8.35. The number of pyridine rings is 1. The molecule has 0 radical (unpaired) electrons. The van der Waals surface area contributed by atoms with E-state index in [2.05, 4.69) is 26.4 Å². The summed E-state index contributed by atoms with van der Waals surface area (Å²) in [6.07, 6.45) is 7.50. The third kappa shape index (κ3) is 5.01. The zero-order valence-corrected chi connectivity index (χ0v) is 19.3. The lowest BCUT2D eigenvalue weighted by molar-refractivity contribution is -0.137. The molecule has 1 aliphatic rings. The van der Waals surface area contributed by atoms with Crippen LogP contribution in [0.1, 0.15) is 35.8 Å². The summed E-state index contributed by atoms with van der Waals surface area (Å²) in [7, 11) is 1.48. The smallest absolute Gasteiger partial charge is 0.316 e. The normalized spacial score (nSPS) is 13.6. The maximum absolute atomic E-state index is 11.6. The van der Waals surface area contributed by atoms with E-state index < -0.39 is 12.0 Å². The summed E-state index contributed by atoms with van der Waals surface area (Å²) in [5.41, 5.74) is 4.70. The molecule has 10 heteroatoms. The summed E-state index contributed by atoms with van der Waals surface area (Å²) in [6, 6.07) is 9.46. The van der Waals surface area contributed by atoms with Crippen molar-refractivity contribution in [2.75, 3.05) is 25.6 Å². The summed E-state index contributed by atoms with van der Waals surface area (Å²) in [6.45, 7) is 1.50. The van der Waals surface area contributed by atoms with Crippen molar-refractivity contribution in [2.24, 2.45) is 0 Å². The zero-order valence-electron chi connectivity index (χ0n) is 19.3. The van der Waals surface area contributed by atoms with Crippen molar-refractivity contribution in [1.29, 1.82) is 0 Å². The van der Waals surface area contributed by atoms with E-state index in [9.17, 15) is 9.90 Å². The minimum absolute atomic E-state index is 0.159. The van der Waals surface area contributed by atoms with Gasteiger partial charge in [-0.15, -0.1) is 0 Å². The predicted octanol–water partition coefficient (Wildman–Crippen LogP) is 3.27. The van der Waals surface area contributed by atoms with Gasteiger partial charge < -0.3 is 19.9 Å². The van der Waals surface area contributed by atoms with E-state index in [1.54, 1.807) is 23.3 Å². The number of carboxylic acid groups (broad SMARTS) is 1. The number of carbonyl (C=O) groups is 1. The topological polar surface area (TPSA) is 124 Å². The summed E-state index contributed by atoms with van der Waals surface area (Å²) in [5.74, 6) is -0.222. The minimum atomic E-state index is -0.944. The monoisotopic (exact) mass is 474 g/mol. The van der Waals surface area contributed by atoms with Crippen LogP contribution >= 0.6 is 0 Å². The van der Waals surface area contributed by atoms with Crippen molar-refractivity contribution in [3.05, 3.63) is 65.9 Å². The van der Waals surface area contributed by atoms with Crippen LogP contribution in [0.15, 0.2) is 48.9 Å². The zero-order chi connectivity index (χ0) is 24.2. The van der Waals surface area contributed by atoms with Gasteiger partial charge in [0.05, 0.1) is 49.3 Å². The lowest BCUT2D eigenvalue weighted by Crippen LogP contribution is -2.17. The largest absolute Gasteiger partial charge is 0.493 e. The van der Waals surface area contributed by atoms with Crippen LogP contribution in [0.5, 0.6) is 11.8 Å². The molecule has 1 atom stereocenters. The van der Waals surface area contributed by atoms with Gasteiger partial charge in [0.15, 0.2) is 0 Å². The number of nitrogens with one attached hydrogen (secondary N) is 1. The number of hydrogen-bond acceptors (Lipinski definition) is 8. The fourth-order valence-corrected chi connectivity index (χ4v) is 4.27. The van der Waals surface area contributed by atoms with Gasteiger partial charge in [0.1, 0.15) is 5.75 Å². The summed E-state index contributed by atoms with van der Waals surface area (Å²) in [5, 5.41) is 18.2. The summed E-state index contributed by atoms with van der Waals surface area (Å²) < 4.78 is 12.7. The maximum Gasteiger partial charge on any atom is 0.316 e. The number of hydrogen-bond donors (Lipinski definition) is 2. The quantitative estimate of drug-likeness (QED) is 0.376. The van der Waals surface area contributed by atoms with Crippen molar-refractivity contribution in [2.45, 2.75) is 31.7 Å². The number of fused-ring (bicyclic) bond motifs is 2. The minimum Gasteiger partial charge on any atom is -0.493 e. The van der Waals surface area contributed by atoms with Crippen LogP contribution in [-0.2, 0) is 17.6 Å². The van der Waals surface area contributed by atoms with Gasteiger partial charge in [-0.1, -0.05) is 0 Å². The average molecular weight is 475 g/mol. The van der Waals surface area contributed by atoms with Crippen LogP contribution in [0, 0.1) is 0 Å². The van der Waals surface area contributed by atoms with Crippen molar-refractivity contribution >= 4 is 22.6 Å². The molecule has 3 aromatic heterocycles. The van der Waals surface area contributed by atoms with Gasteiger partial charge in [-0.25, -0.2) is 9.97 Å². The molecule has 0 bridgehead atoms. The van der Waals surface area contributed by atoms with E-state index in [0.29, 0.717) is 18.6 Å². The molecular weight excluding hydrogens is 448 g/mol. The Morgan fingerprint density at radius 3 is 2.86 bits per heavy atom. The van der Waals surface area contributed by atoms with E-state index in [1.165, 1.54) is 7.11 Å². The second kappa shape index (κ2) is 9.96. The Hall–Kier alpha value is -4.21. The first-order chi connectivity index (χ1) is 17.1. The lowest BCUT2D eigenvalue weighted by atomic mass is 10.1. The van der Waals surface area contributed by atoms with E-state index >= 15 is 0 Å². The Morgan fingerprint density at radius 2 is 2.06 bits per heavy atom. The Bertz CT molecular complexity index is 1340.